The quantitative estimate of drug-likeness (QED) is 0.263. The van der Waals surface area contributed by atoms with Crippen LogP contribution in [0.1, 0.15) is 6.92 Å². The van der Waals surface area contributed by atoms with Crippen LogP contribution in [0.25, 0.3) is 38.9 Å². The molecule has 1 aromatic heterocycles. The maximum absolute atomic E-state index is 6.53. The van der Waals surface area contributed by atoms with E-state index in [2.05, 4.69) is 77.5 Å². The minimum absolute atomic E-state index is 0. The van der Waals surface area contributed by atoms with Crippen molar-refractivity contribution in [3.63, 3.8) is 0 Å². The number of hydrogen-bond acceptors (Lipinski definition) is 3. The molecule has 0 aliphatic heterocycles. The van der Waals surface area contributed by atoms with Crippen molar-refractivity contribution in [3.05, 3.63) is 91.0 Å². The van der Waals surface area contributed by atoms with Crippen LogP contribution in [-0.2, 0) is 0 Å². The third-order valence-corrected chi connectivity index (χ3v) is 5.32. The van der Waals surface area contributed by atoms with Crippen molar-refractivity contribution in [2.24, 2.45) is 0 Å². The van der Waals surface area contributed by atoms with Crippen LogP contribution >= 0.6 is 0 Å². The average molecular weight is 427 g/mol. The van der Waals surface area contributed by atoms with Gasteiger partial charge in [0.2, 0.25) is 16.7 Å². The molecule has 5 aromatic rings. The lowest BCUT2D eigenvalue weighted by molar-refractivity contribution is -0.538. The first-order chi connectivity index (χ1) is 14.7. The van der Waals surface area contributed by atoms with Gasteiger partial charge in [0, 0.05) is 47.7 Å². The number of nitrogen functional groups attached to an aromatic ring is 1. The van der Waals surface area contributed by atoms with Crippen molar-refractivity contribution in [1.29, 1.82) is 0 Å². The summed E-state index contributed by atoms with van der Waals surface area (Å²) in [5.41, 5.74) is 15.4. The van der Waals surface area contributed by atoms with Crippen LogP contribution in [0, 0.1) is 0 Å². The number of nitrogens with zero attached hydrogens (tertiary/aromatic N) is 2. The number of anilines is 2. The number of halogens is 1. The van der Waals surface area contributed by atoms with Crippen LogP contribution in [0.5, 0.6) is 0 Å². The Morgan fingerprint density at radius 1 is 0.806 bits per heavy atom. The summed E-state index contributed by atoms with van der Waals surface area (Å²) in [5, 5.41) is 3.40. The largest absolute Gasteiger partial charge is 1.00 e. The highest BCUT2D eigenvalue weighted by molar-refractivity contribution is 5.91. The first kappa shape index (κ1) is 20.6. The molecule has 0 fully saturated rings. The van der Waals surface area contributed by atoms with Gasteiger partial charge in [0.15, 0.2) is 0 Å². The molecule has 0 atom stereocenters. The van der Waals surface area contributed by atoms with Crippen LogP contribution in [0.4, 0.5) is 11.4 Å². The van der Waals surface area contributed by atoms with E-state index in [4.69, 9.17) is 10.7 Å². The smallest absolute Gasteiger partial charge is 0.239 e. The van der Waals surface area contributed by atoms with E-state index in [0.29, 0.717) is 0 Å². The molecule has 5 heteroatoms. The molecule has 0 radical (unpaired) electrons. The van der Waals surface area contributed by atoms with Gasteiger partial charge in [-0.1, -0.05) is 48.5 Å². The van der Waals surface area contributed by atoms with Gasteiger partial charge in [0.25, 0.3) is 0 Å². The van der Waals surface area contributed by atoms with E-state index in [-0.39, 0.29) is 12.4 Å². The van der Waals surface area contributed by atoms with Crippen LogP contribution in [0.2, 0.25) is 0 Å². The Hall–Kier alpha value is -3.63. The molecule has 0 bridgehead atoms. The number of nitrogens with one attached hydrogen (secondary N) is 1. The highest BCUT2D eigenvalue weighted by Gasteiger charge is 2.21. The van der Waals surface area contributed by atoms with Gasteiger partial charge in [-0.3, -0.25) is 0 Å². The van der Waals surface area contributed by atoms with E-state index in [9.17, 15) is 0 Å². The molecule has 3 N–H and O–H groups in total. The van der Waals surface area contributed by atoms with Crippen molar-refractivity contribution in [3.8, 4) is 16.8 Å². The van der Waals surface area contributed by atoms with Gasteiger partial charge in [-0.05, 0) is 30.7 Å². The molecule has 0 aliphatic carbocycles. The molecule has 0 unspecified atom stereocenters. The summed E-state index contributed by atoms with van der Waals surface area (Å²) >= 11 is 0. The van der Waals surface area contributed by atoms with Gasteiger partial charge in [-0.2, -0.15) is 0 Å². The van der Waals surface area contributed by atoms with Crippen molar-refractivity contribution in [2.45, 2.75) is 6.92 Å². The predicted molar refractivity (Wildman–Crippen MR) is 125 cm³/mol. The van der Waals surface area contributed by atoms with E-state index in [1.165, 1.54) is 0 Å². The molecule has 0 amide bonds. The Balaban J connectivity index is 0.00000231. The van der Waals surface area contributed by atoms with Crippen molar-refractivity contribution in [1.82, 2.24) is 4.98 Å². The lowest BCUT2D eigenvalue weighted by Gasteiger charge is -2.10. The Morgan fingerprint density at radius 2 is 1.48 bits per heavy atom. The fourth-order valence-electron chi connectivity index (χ4n) is 3.96. The summed E-state index contributed by atoms with van der Waals surface area (Å²) in [5.74, 6) is 0. The molecule has 5 rings (SSSR count). The van der Waals surface area contributed by atoms with E-state index in [0.717, 1.165) is 56.8 Å². The average Bonchev–Trinajstić information content (AvgIpc) is 2.79. The summed E-state index contributed by atoms with van der Waals surface area (Å²) in [4.78, 5) is 4.99. The Labute approximate surface area is 187 Å². The molecule has 0 saturated carbocycles. The highest BCUT2D eigenvalue weighted by Crippen LogP contribution is 2.30. The molecule has 0 saturated heterocycles. The highest BCUT2D eigenvalue weighted by atomic mass is 35.5. The minimum atomic E-state index is 0. The third kappa shape index (κ3) is 3.78. The Morgan fingerprint density at radius 3 is 2.19 bits per heavy atom. The molecule has 4 aromatic carbocycles. The van der Waals surface area contributed by atoms with Gasteiger partial charge >= 0.3 is 0 Å². The van der Waals surface area contributed by atoms with Crippen molar-refractivity contribution < 1.29 is 17.0 Å². The van der Waals surface area contributed by atoms with E-state index in [1.807, 2.05) is 30.3 Å². The Kier molecular flexibility index (Phi) is 5.74. The molecule has 31 heavy (non-hydrogen) atoms. The molecule has 1 heterocycles. The number of aromatic nitrogens is 2. The van der Waals surface area contributed by atoms with Gasteiger partial charge in [0.05, 0.1) is 0 Å². The normalized spacial score (nSPS) is 10.7. The van der Waals surface area contributed by atoms with Crippen LogP contribution in [0.3, 0.4) is 0 Å². The summed E-state index contributed by atoms with van der Waals surface area (Å²) in [6.45, 7) is 2.96. The fraction of sp³-hybridized carbons (Fsp3) is 0.0769. The van der Waals surface area contributed by atoms with Crippen LogP contribution in [0.15, 0.2) is 91.0 Å². The lowest BCUT2D eigenvalue weighted by atomic mass is 10.0. The molecular formula is C26H23ClN4. The monoisotopic (exact) mass is 426 g/mol. The zero-order valence-corrected chi connectivity index (χ0v) is 18.0. The fourth-order valence-corrected chi connectivity index (χ4v) is 3.96. The standard InChI is InChI=1S/C26H22N4.ClH/c1-2-28-19-13-14-23-25(15-19)30(20-11-7-4-8-12-20)26-17-22(27)21(16-24(26)29-23)18-9-5-3-6-10-18;/h3-17H,2H2,1H3,(H2,27,28);1H. The Bertz CT molecular complexity index is 1350. The molecule has 154 valence electrons. The summed E-state index contributed by atoms with van der Waals surface area (Å²) in [6.07, 6.45) is 0. The summed E-state index contributed by atoms with van der Waals surface area (Å²) < 4.78 is 2.24. The van der Waals surface area contributed by atoms with Gasteiger partial charge in [-0.25, -0.2) is 4.98 Å². The molecular weight excluding hydrogens is 404 g/mol. The number of para-hydroxylation sites is 1. The third-order valence-electron chi connectivity index (χ3n) is 5.32. The second kappa shape index (κ2) is 8.62. The predicted octanol–water partition coefficient (Wildman–Crippen LogP) is 2.35. The zero-order chi connectivity index (χ0) is 20.5. The van der Waals surface area contributed by atoms with Crippen molar-refractivity contribution in [2.75, 3.05) is 17.6 Å². The van der Waals surface area contributed by atoms with E-state index >= 15 is 0 Å². The van der Waals surface area contributed by atoms with Crippen LogP contribution < -0.4 is 28.0 Å². The maximum Gasteiger partial charge on any atom is 0.239 e. The first-order valence-electron chi connectivity index (χ1n) is 10.2. The van der Waals surface area contributed by atoms with E-state index in [1.54, 1.807) is 0 Å². The van der Waals surface area contributed by atoms with Crippen LogP contribution in [-0.4, -0.2) is 11.5 Å². The molecule has 0 aliphatic rings. The van der Waals surface area contributed by atoms with Gasteiger partial charge < -0.3 is 23.5 Å². The molecule has 4 nitrogen and oxygen atoms in total. The first-order valence-corrected chi connectivity index (χ1v) is 10.2. The second-order valence-electron chi connectivity index (χ2n) is 7.31. The topological polar surface area (TPSA) is 54.8 Å². The zero-order valence-electron chi connectivity index (χ0n) is 17.2. The summed E-state index contributed by atoms with van der Waals surface area (Å²) in [6, 6.07) is 31.0. The summed E-state index contributed by atoms with van der Waals surface area (Å²) in [7, 11) is 0. The minimum Gasteiger partial charge on any atom is -1.00 e. The van der Waals surface area contributed by atoms with E-state index < -0.39 is 0 Å². The maximum atomic E-state index is 6.53. The van der Waals surface area contributed by atoms with Crippen molar-refractivity contribution >= 4 is 33.4 Å². The van der Waals surface area contributed by atoms with Gasteiger partial charge in [-0.15, -0.1) is 4.57 Å². The number of benzene rings is 4. The lowest BCUT2D eigenvalue weighted by Crippen LogP contribution is -3.00. The number of rotatable bonds is 4. The SMILES string of the molecule is CCNc1ccc2nc3cc(-c4ccccc4)c(N)cc3[n+](-c3ccccc3)c2c1.[Cl-]. The number of fused-ring (bicyclic) bond motifs is 2. The number of nitrogens with two attached hydrogens (primary N) is 1. The second-order valence-corrected chi connectivity index (χ2v) is 7.31. The van der Waals surface area contributed by atoms with Gasteiger partial charge in [0.1, 0.15) is 11.0 Å². The molecule has 0 spiro atoms. The number of hydrogen-bond donors (Lipinski definition) is 2.